The zero-order valence-corrected chi connectivity index (χ0v) is 21.3. The molecule has 0 saturated heterocycles. The predicted octanol–water partition coefficient (Wildman–Crippen LogP) is 7.20. The number of carbonyl (C=O) groups excluding carboxylic acids is 2. The molecule has 0 aliphatic carbocycles. The van der Waals surface area contributed by atoms with E-state index in [1.165, 1.54) is 0 Å². The summed E-state index contributed by atoms with van der Waals surface area (Å²) < 4.78 is 5.73. The number of ether oxygens (including phenoxy) is 1. The number of hydrogen-bond donors (Lipinski definition) is 0. The molecule has 0 heterocycles. The van der Waals surface area contributed by atoms with Crippen LogP contribution in [0, 0.1) is 0 Å². The van der Waals surface area contributed by atoms with Crippen molar-refractivity contribution in [3.8, 4) is 5.75 Å². The molecule has 29 heavy (non-hydrogen) atoms. The van der Waals surface area contributed by atoms with Crippen LogP contribution in [0.5, 0.6) is 5.75 Å². The summed E-state index contributed by atoms with van der Waals surface area (Å²) in [4.78, 5) is 26.9. The number of carbonyl (C=O) groups is 2. The second-order valence-corrected chi connectivity index (χ2v) is 21.0. The lowest BCUT2D eigenvalue weighted by Crippen LogP contribution is -2.48. The molecule has 0 spiro atoms. The van der Waals surface area contributed by atoms with E-state index in [0.29, 0.717) is 21.4 Å². The van der Waals surface area contributed by atoms with Crippen LogP contribution in [0.3, 0.4) is 0 Å². The number of benzene rings is 2. The number of rotatable bonds is 7. The van der Waals surface area contributed by atoms with E-state index in [4.69, 9.17) is 27.9 Å². The quantitative estimate of drug-likeness (QED) is 0.187. The van der Waals surface area contributed by atoms with Crippen molar-refractivity contribution in [2.24, 2.45) is 0 Å². The van der Waals surface area contributed by atoms with Gasteiger partial charge in [-0.25, -0.2) is 0 Å². The first kappa shape index (κ1) is 23.9. The van der Waals surface area contributed by atoms with Gasteiger partial charge in [0.15, 0.2) is 5.78 Å². The Morgan fingerprint density at radius 3 is 1.55 bits per heavy atom. The maximum Gasteiger partial charge on any atom is 0.311 e. The zero-order valence-electron chi connectivity index (χ0n) is 17.8. The van der Waals surface area contributed by atoms with E-state index in [1.807, 2.05) is 0 Å². The SMILES string of the molecule is C[Si](C)(C)[C@H](C(=O)Oc1ccc(Cl)cc1)[C@H](C(=O)c1ccc(Cl)cc1)[Si](C)(C)C. The van der Waals surface area contributed by atoms with E-state index in [2.05, 4.69) is 39.3 Å². The fraction of sp³-hybridized carbons (Fsp3) is 0.364. The smallest absolute Gasteiger partial charge is 0.311 e. The van der Waals surface area contributed by atoms with Crippen LogP contribution in [0.1, 0.15) is 10.4 Å². The molecule has 2 rings (SSSR count). The van der Waals surface area contributed by atoms with E-state index in [1.54, 1.807) is 48.5 Å². The topological polar surface area (TPSA) is 43.4 Å². The van der Waals surface area contributed by atoms with Crippen LogP contribution in [-0.4, -0.2) is 27.9 Å². The van der Waals surface area contributed by atoms with Crippen molar-refractivity contribution < 1.29 is 14.3 Å². The van der Waals surface area contributed by atoms with Gasteiger partial charge in [0.2, 0.25) is 0 Å². The minimum atomic E-state index is -2.11. The van der Waals surface area contributed by atoms with Gasteiger partial charge in [0.25, 0.3) is 0 Å². The van der Waals surface area contributed by atoms with E-state index in [0.717, 1.165) is 0 Å². The largest absolute Gasteiger partial charge is 0.427 e. The van der Waals surface area contributed by atoms with E-state index >= 15 is 0 Å². The summed E-state index contributed by atoms with van der Waals surface area (Å²) in [5.41, 5.74) is -0.243. The molecule has 0 bridgehead atoms. The van der Waals surface area contributed by atoms with Crippen LogP contribution in [0.2, 0.25) is 60.4 Å². The summed E-state index contributed by atoms with van der Waals surface area (Å²) in [6, 6.07) is 13.6. The molecular weight excluding hydrogens is 439 g/mol. The molecule has 0 aromatic heterocycles. The number of halogens is 2. The Bertz CT molecular complexity index is 867. The molecule has 0 fully saturated rings. The molecule has 2 atom stereocenters. The van der Waals surface area contributed by atoms with Crippen molar-refractivity contribution in [2.75, 3.05) is 0 Å². The summed E-state index contributed by atoms with van der Waals surface area (Å²) in [5.74, 6) is 0.110. The molecule has 3 nitrogen and oxygen atoms in total. The average molecular weight is 468 g/mol. The van der Waals surface area contributed by atoms with Crippen molar-refractivity contribution in [3.63, 3.8) is 0 Å². The maximum atomic E-state index is 13.6. The number of ketones is 1. The van der Waals surface area contributed by atoms with Gasteiger partial charge in [-0.2, -0.15) is 0 Å². The minimum absolute atomic E-state index is 0.00122. The first-order valence-electron chi connectivity index (χ1n) is 9.58. The Morgan fingerprint density at radius 1 is 0.724 bits per heavy atom. The standard InChI is InChI=1S/C22H28Cl2O3Si2/c1-28(2,3)20(19(25)15-7-9-16(23)10-8-15)21(29(4,5)6)22(26)27-18-13-11-17(24)12-14-18/h7-14,20-21H,1-6H3/t20-,21-/m0/s1. The number of esters is 1. The van der Waals surface area contributed by atoms with Gasteiger partial charge < -0.3 is 4.74 Å². The van der Waals surface area contributed by atoms with Crippen LogP contribution in [0.4, 0.5) is 0 Å². The van der Waals surface area contributed by atoms with E-state index in [-0.39, 0.29) is 17.3 Å². The van der Waals surface area contributed by atoms with Crippen molar-refractivity contribution in [1.82, 2.24) is 0 Å². The Morgan fingerprint density at radius 2 is 1.14 bits per heavy atom. The molecule has 2 aromatic carbocycles. The molecule has 7 heteroatoms. The van der Waals surface area contributed by atoms with Crippen molar-refractivity contribution in [3.05, 3.63) is 64.1 Å². The number of Topliss-reactive ketones (excluding diaryl/α,β-unsaturated/α-hetero) is 1. The van der Waals surface area contributed by atoms with Crippen LogP contribution in [0.15, 0.2) is 48.5 Å². The van der Waals surface area contributed by atoms with Gasteiger partial charge in [0.05, 0.1) is 21.7 Å². The third-order valence-electron chi connectivity index (χ3n) is 4.90. The van der Waals surface area contributed by atoms with Gasteiger partial charge in [-0.15, -0.1) is 0 Å². The molecule has 0 aliphatic rings. The highest BCUT2D eigenvalue weighted by Gasteiger charge is 2.49. The first-order chi connectivity index (χ1) is 13.3. The summed E-state index contributed by atoms with van der Waals surface area (Å²) in [6.45, 7) is 12.7. The lowest BCUT2D eigenvalue weighted by atomic mass is 10.1. The van der Waals surface area contributed by atoms with Gasteiger partial charge in [-0.1, -0.05) is 62.5 Å². The van der Waals surface area contributed by atoms with Gasteiger partial charge in [-0.3, -0.25) is 9.59 Å². The molecule has 156 valence electrons. The molecule has 0 N–H and O–H groups in total. The van der Waals surface area contributed by atoms with Crippen LogP contribution < -0.4 is 4.74 Å². The Hall–Kier alpha value is -1.41. The zero-order chi connectivity index (χ0) is 22.0. The minimum Gasteiger partial charge on any atom is -0.427 e. The molecule has 0 aliphatic heterocycles. The second-order valence-electron chi connectivity index (χ2n) is 9.43. The first-order valence-corrected chi connectivity index (χ1v) is 17.5. The van der Waals surface area contributed by atoms with Gasteiger partial charge >= 0.3 is 5.97 Å². The van der Waals surface area contributed by atoms with Crippen molar-refractivity contribution in [1.29, 1.82) is 0 Å². The van der Waals surface area contributed by atoms with Gasteiger partial charge in [0.1, 0.15) is 5.75 Å². The van der Waals surface area contributed by atoms with Crippen LogP contribution in [0.25, 0.3) is 0 Å². The van der Waals surface area contributed by atoms with Crippen molar-refractivity contribution >= 4 is 51.1 Å². The van der Waals surface area contributed by atoms with Crippen LogP contribution >= 0.6 is 23.2 Å². The lowest BCUT2D eigenvalue weighted by Gasteiger charge is -2.39. The third-order valence-corrected chi connectivity index (χ3v) is 10.6. The summed E-state index contributed by atoms with van der Waals surface area (Å²) >= 11 is 11.9. The normalized spacial score (nSPS) is 14.2. The van der Waals surface area contributed by atoms with E-state index in [9.17, 15) is 9.59 Å². The Kier molecular flexibility index (Phi) is 7.54. The fourth-order valence-corrected chi connectivity index (χ4v) is 10.8. The second kappa shape index (κ2) is 9.17. The summed E-state index contributed by atoms with van der Waals surface area (Å²) in [7, 11) is -4.18. The molecule has 2 aromatic rings. The molecule has 0 radical (unpaired) electrons. The summed E-state index contributed by atoms with van der Waals surface area (Å²) in [6.07, 6.45) is 0. The molecule has 0 saturated carbocycles. The Labute approximate surface area is 185 Å². The van der Waals surface area contributed by atoms with Crippen molar-refractivity contribution in [2.45, 2.75) is 50.4 Å². The summed E-state index contributed by atoms with van der Waals surface area (Å²) in [5, 5.41) is 1.15. The lowest BCUT2D eigenvalue weighted by molar-refractivity contribution is -0.134. The molecule has 0 unspecified atom stereocenters. The molecule has 0 amide bonds. The fourth-order valence-electron chi connectivity index (χ4n) is 3.51. The average Bonchev–Trinajstić information content (AvgIpc) is 2.59. The predicted molar refractivity (Wildman–Crippen MR) is 127 cm³/mol. The van der Waals surface area contributed by atoms with Crippen LogP contribution in [-0.2, 0) is 4.79 Å². The van der Waals surface area contributed by atoms with Gasteiger partial charge in [-0.05, 0) is 48.5 Å². The maximum absolute atomic E-state index is 13.6. The third kappa shape index (κ3) is 6.28. The molecular formula is C22H28Cl2O3Si2. The highest BCUT2D eigenvalue weighted by atomic mass is 35.5. The van der Waals surface area contributed by atoms with E-state index < -0.39 is 21.7 Å². The van der Waals surface area contributed by atoms with Gasteiger partial charge in [0, 0.05) is 21.1 Å². The highest BCUT2D eigenvalue weighted by molar-refractivity contribution is 6.88. The monoisotopic (exact) mass is 466 g/mol. The Balaban J connectivity index is 2.46. The highest BCUT2D eigenvalue weighted by Crippen LogP contribution is 2.44. The number of hydrogen-bond acceptors (Lipinski definition) is 3.